The summed E-state index contributed by atoms with van der Waals surface area (Å²) in [6.45, 7) is 2.17. The van der Waals surface area contributed by atoms with Crippen LogP contribution in [0.2, 0.25) is 5.02 Å². The molecule has 1 aliphatic heterocycles. The van der Waals surface area contributed by atoms with Crippen molar-refractivity contribution < 1.29 is 9.59 Å². The Bertz CT molecular complexity index is 523. The number of rotatable bonds is 3. The van der Waals surface area contributed by atoms with Crippen LogP contribution in [0.1, 0.15) is 13.3 Å². The fraction of sp³-hybridized carbons (Fsp3) is 0.385. The number of thioether (sulfide) groups is 1. The van der Waals surface area contributed by atoms with Gasteiger partial charge in [0, 0.05) is 30.1 Å². The summed E-state index contributed by atoms with van der Waals surface area (Å²) < 4.78 is 0.886. The normalized spacial score (nSPS) is 19.0. The van der Waals surface area contributed by atoms with Crippen molar-refractivity contribution in [2.45, 2.75) is 13.3 Å². The molecule has 1 amide bonds. The van der Waals surface area contributed by atoms with E-state index >= 15 is 0 Å². The molecular formula is C13H13BrClNO2S. The highest BCUT2D eigenvalue weighted by molar-refractivity contribution is 9.10. The van der Waals surface area contributed by atoms with E-state index in [1.165, 1.54) is 11.8 Å². The average molecular weight is 363 g/mol. The quantitative estimate of drug-likeness (QED) is 0.822. The fourth-order valence-corrected chi connectivity index (χ4v) is 3.53. The summed E-state index contributed by atoms with van der Waals surface area (Å²) in [4.78, 5) is 24.7. The first-order valence-corrected chi connectivity index (χ1v) is 8.02. The predicted octanol–water partition coefficient (Wildman–Crippen LogP) is 3.74. The summed E-state index contributed by atoms with van der Waals surface area (Å²) >= 11 is 10.8. The Morgan fingerprint density at radius 3 is 2.95 bits per heavy atom. The number of hydrogen-bond donors (Lipinski definition) is 0. The van der Waals surface area contributed by atoms with Gasteiger partial charge in [0.15, 0.2) is 5.12 Å². The van der Waals surface area contributed by atoms with Gasteiger partial charge in [-0.05, 0) is 24.1 Å². The molecule has 1 heterocycles. The molecule has 2 rings (SSSR count). The SMILES string of the molecule is CC(=O)SCC1CC(=O)N(c2ccc(Br)cc2Cl)C1. The largest absolute Gasteiger partial charge is 0.311 e. The van der Waals surface area contributed by atoms with E-state index in [9.17, 15) is 9.59 Å². The molecule has 1 aliphatic rings. The lowest BCUT2D eigenvalue weighted by Crippen LogP contribution is -2.25. The van der Waals surface area contributed by atoms with Crippen LogP contribution in [0.4, 0.5) is 5.69 Å². The van der Waals surface area contributed by atoms with Gasteiger partial charge in [-0.25, -0.2) is 0 Å². The molecule has 0 radical (unpaired) electrons. The molecule has 0 spiro atoms. The van der Waals surface area contributed by atoms with Crippen LogP contribution in [-0.4, -0.2) is 23.3 Å². The second-order valence-electron chi connectivity index (χ2n) is 4.47. The summed E-state index contributed by atoms with van der Waals surface area (Å²) in [5, 5.41) is 0.648. The molecule has 6 heteroatoms. The Kier molecular flexibility index (Phi) is 4.92. The number of benzene rings is 1. The monoisotopic (exact) mass is 361 g/mol. The first-order valence-electron chi connectivity index (χ1n) is 5.86. The first-order chi connectivity index (χ1) is 8.97. The van der Waals surface area contributed by atoms with Crippen molar-refractivity contribution in [3.8, 4) is 0 Å². The Labute approximate surface area is 129 Å². The standard InChI is InChI=1S/C13H13BrClNO2S/c1-8(17)19-7-9-4-13(18)16(6-9)12-3-2-10(14)5-11(12)15/h2-3,5,9H,4,6-7H2,1H3. The number of halogens is 2. The summed E-state index contributed by atoms with van der Waals surface area (Å²) in [7, 11) is 0. The Balaban J connectivity index is 2.09. The second kappa shape index (κ2) is 6.29. The number of anilines is 1. The van der Waals surface area contributed by atoms with E-state index in [4.69, 9.17) is 11.6 Å². The molecule has 0 aliphatic carbocycles. The van der Waals surface area contributed by atoms with Gasteiger partial charge < -0.3 is 4.90 Å². The third kappa shape index (κ3) is 3.74. The molecule has 0 bridgehead atoms. The molecule has 19 heavy (non-hydrogen) atoms. The minimum absolute atomic E-state index is 0.0679. The number of carbonyl (C=O) groups is 2. The molecule has 1 aromatic carbocycles. The Hall–Kier alpha value is -0.520. The van der Waals surface area contributed by atoms with Crippen LogP contribution in [0.3, 0.4) is 0 Å². The van der Waals surface area contributed by atoms with Gasteiger partial charge in [0.1, 0.15) is 0 Å². The maximum Gasteiger partial charge on any atom is 0.227 e. The van der Waals surface area contributed by atoms with Crippen LogP contribution in [0, 0.1) is 5.92 Å². The second-order valence-corrected chi connectivity index (χ2v) is 6.99. The zero-order chi connectivity index (χ0) is 14.0. The Morgan fingerprint density at radius 2 is 2.32 bits per heavy atom. The van der Waals surface area contributed by atoms with Crippen LogP contribution in [0.15, 0.2) is 22.7 Å². The minimum Gasteiger partial charge on any atom is -0.311 e. The van der Waals surface area contributed by atoms with Gasteiger partial charge in [0.25, 0.3) is 0 Å². The molecule has 102 valence electrons. The van der Waals surface area contributed by atoms with E-state index in [0.29, 0.717) is 23.7 Å². The van der Waals surface area contributed by atoms with Crippen LogP contribution in [-0.2, 0) is 9.59 Å². The first kappa shape index (κ1) is 14.9. The van der Waals surface area contributed by atoms with Gasteiger partial charge in [-0.2, -0.15) is 0 Å². The Morgan fingerprint density at radius 1 is 1.58 bits per heavy atom. The third-order valence-electron chi connectivity index (χ3n) is 2.93. The van der Waals surface area contributed by atoms with Gasteiger partial charge in [-0.3, -0.25) is 9.59 Å². The molecule has 1 atom stereocenters. The van der Waals surface area contributed by atoms with E-state index in [0.717, 1.165) is 10.2 Å². The van der Waals surface area contributed by atoms with Crippen molar-refractivity contribution in [3.63, 3.8) is 0 Å². The van der Waals surface area contributed by atoms with E-state index < -0.39 is 0 Å². The highest BCUT2D eigenvalue weighted by Gasteiger charge is 2.31. The molecule has 0 saturated carbocycles. The van der Waals surface area contributed by atoms with Crippen LogP contribution in [0.25, 0.3) is 0 Å². The van der Waals surface area contributed by atoms with E-state index in [1.54, 1.807) is 17.9 Å². The van der Waals surface area contributed by atoms with E-state index in [2.05, 4.69) is 15.9 Å². The van der Waals surface area contributed by atoms with Crippen molar-refractivity contribution in [3.05, 3.63) is 27.7 Å². The van der Waals surface area contributed by atoms with Crippen molar-refractivity contribution in [2.75, 3.05) is 17.2 Å². The highest BCUT2D eigenvalue weighted by Crippen LogP contribution is 2.34. The number of amides is 1. The predicted molar refractivity (Wildman–Crippen MR) is 82.8 cm³/mol. The molecule has 1 aromatic rings. The van der Waals surface area contributed by atoms with Crippen LogP contribution in [0.5, 0.6) is 0 Å². The summed E-state index contributed by atoms with van der Waals surface area (Å²) in [5.41, 5.74) is 0.741. The van der Waals surface area contributed by atoms with Crippen molar-refractivity contribution in [2.24, 2.45) is 5.92 Å². The molecular weight excluding hydrogens is 350 g/mol. The molecule has 1 saturated heterocycles. The van der Waals surface area contributed by atoms with Gasteiger partial charge in [0.2, 0.25) is 5.91 Å². The summed E-state index contributed by atoms with van der Waals surface area (Å²) in [5.74, 6) is 0.964. The fourth-order valence-electron chi connectivity index (χ4n) is 2.06. The van der Waals surface area contributed by atoms with Crippen molar-refractivity contribution in [1.82, 2.24) is 0 Å². The minimum atomic E-state index is 0.0679. The maximum atomic E-state index is 12.0. The van der Waals surface area contributed by atoms with Gasteiger partial charge in [-0.1, -0.05) is 39.3 Å². The van der Waals surface area contributed by atoms with Gasteiger partial charge >= 0.3 is 0 Å². The number of hydrogen-bond acceptors (Lipinski definition) is 3. The van der Waals surface area contributed by atoms with Crippen molar-refractivity contribution >= 4 is 56.0 Å². The molecule has 0 N–H and O–H groups in total. The zero-order valence-electron chi connectivity index (χ0n) is 10.4. The average Bonchev–Trinajstić information content (AvgIpc) is 2.68. The highest BCUT2D eigenvalue weighted by atomic mass is 79.9. The molecule has 1 unspecified atom stereocenters. The van der Waals surface area contributed by atoms with Crippen LogP contribution < -0.4 is 4.90 Å². The van der Waals surface area contributed by atoms with Gasteiger partial charge in [-0.15, -0.1) is 0 Å². The lowest BCUT2D eigenvalue weighted by molar-refractivity contribution is -0.117. The van der Waals surface area contributed by atoms with E-state index in [1.807, 2.05) is 12.1 Å². The molecule has 3 nitrogen and oxygen atoms in total. The molecule has 1 fully saturated rings. The number of carbonyl (C=O) groups excluding carboxylic acids is 2. The lowest BCUT2D eigenvalue weighted by Gasteiger charge is -2.18. The summed E-state index contributed by atoms with van der Waals surface area (Å²) in [6.07, 6.45) is 0.479. The molecule has 0 aromatic heterocycles. The summed E-state index contributed by atoms with van der Waals surface area (Å²) in [6, 6.07) is 5.48. The topological polar surface area (TPSA) is 37.4 Å². The third-order valence-corrected chi connectivity index (χ3v) is 4.77. The van der Waals surface area contributed by atoms with Gasteiger partial charge in [0.05, 0.1) is 10.7 Å². The lowest BCUT2D eigenvalue weighted by atomic mass is 10.1. The number of nitrogens with zero attached hydrogens (tertiary/aromatic N) is 1. The van der Waals surface area contributed by atoms with E-state index in [-0.39, 0.29) is 16.9 Å². The smallest absolute Gasteiger partial charge is 0.227 e. The maximum absolute atomic E-state index is 12.0. The van der Waals surface area contributed by atoms with Crippen molar-refractivity contribution in [1.29, 1.82) is 0 Å². The van der Waals surface area contributed by atoms with Crippen LogP contribution >= 0.6 is 39.3 Å². The zero-order valence-corrected chi connectivity index (χ0v) is 13.5.